The van der Waals surface area contributed by atoms with Crippen molar-refractivity contribution in [3.05, 3.63) is 137 Å². The van der Waals surface area contributed by atoms with Gasteiger partial charge in [-0.25, -0.2) is 0 Å². The van der Waals surface area contributed by atoms with Crippen LogP contribution in [0.2, 0.25) is 0 Å². The van der Waals surface area contributed by atoms with Crippen LogP contribution in [0.15, 0.2) is 121 Å². The van der Waals surface area contributed by atoms with Crippen LogP contribution in [-0.4, -0.2) is 13.1 Å². The number of aryl methyl sites for hydroxylation is 1. The maximum Gasteiger partial charge on any atom is 0.212 e. The fraction of sp³-hybridized carbons (Fsp3) is 0.216. The number of fused-ring (bicyclic) bond motifs is 3. The number of aromatic nitrogens is 1. The van der Waals surface area contributed by atoms with Gasteiger partial charge in [-0.15, -0.1) is 0 Å². The third-order valence-electron chi connectivity index (χ3n) is 8.14. The summed E-state index contributed by atoms with van der Waals surface area (Å²) in [6.45, 7) is 9.53. The van der Waals surface area contributed by atoms with Crippen molar-refractivity contribution >= 4 is 34.4 Å². The second kappa shape index (κ2) is 11.4. The largest absolute Gasteiger partial charge is 0.342 e. The van der Waals surface area contributed by atoms with E-state index >= 15 is 0 Å². The van der Waals surface area contributed by atoms with E-state index in [4.69, 9.17) is 0 Å². The summed E-state index contributed by atoms with van der Waals surface area (Å²) >= 11 is 0. The Morgan fingerprint density at radius 3 is 1.75 bits per heavy atom. The molecule has 0 atom stereocenters. The normalized spacial score (nSPS) is 17.0. The summed E-state index contributed by atoms with van der Waals surface area (Å²) in [5.41, 5.74) is 10.3. The van der Waals surface area contributed by atoms with E-state index in [0.717, 1.165) is 26.1 Å². The highest BCUT2D eigenvalue weighted by molar-refractivity contribution is 5.78. The van der Waals surface area contributed by atoms with E-state index in [9.17, 15) is 0 Å². The van der Waals surface area contributed by atoms with Gasteiger partial charge >= 0.3 is 0 Å². The van der Waals surface area contributed by atoms with Gasteiger partial charge in [0.25, 0.3) is 0 Å². The predicted molar refractivity (Wildman–Crippen MR) is 170 cm³/mol. The van der Waals surface area contributed by atoms with Gasteiger partial charge in [0.05, 0.1) is 0 Å². The van der Waals surface area contributed by atoms with E-state index in [0.29, 0.717) is 0 Å². The first-order valence-electron chi connectivity index (χ1n) is 14.6. The van der Waals surface area contributed by atoms with Crippen LogP contribution >= 0.6 is 0 Å². The van der Waals surface area contributed by atoms with Gasteiger partial charge in [0, 0.05) is 65.7 Å². The van der Waals surface area contributed by atoms with Crippen LogP contribution in [0.5, 0.6) is 0 Å². The van der Waals surface area contributed by atoms with Gasteiger partial charge in [-0.3, -0.25) is 0 Å². The Balaban J connectivity index is 1.45. The summed E-state index contributed by atoms with van der Waals surface area (Å²) in [5, 5.41) is 1.29. The van der Waals surface area contributed by atoms with Crippen LogP contribution in [0.1, 0.15) is 37.6 Å². The van der Waals surface area contributed by atoms with Crippen molar-refractivity contribution in [2.24, 2.45) is 5.92 Å². The molecule has 0 radical (unpaired) electrons. The molecule has 200 valence electrons. The van der Waals surface area contributed by atoms with E-state index in [1.165, 1.54) is 50.5 Å². The first-order valence-corrected chi connectivity index (χ1v) is 14.6. The molecule has 2 aliphatic heterocycles. The number of likely N-dealkylation sites (N-methyl/N-ethyl adjacent to an activating group) is 2. The predicted octanol–water partition coefficient (Wildman–Crippen LogP) is 8.18. The van der Waals surface area contributed by atoms with Crippen LogP contribution < -0.4 is 14.4 Å². The zero-order valence-corrected chi connectivity index (χ0v) is 23.8. The highest BCUT2D eigenvalue weighted by Gasteiger charge is 2.23. The number of para-hydroxylation sites is 3. The molecular weight excluding hydrogens is 486 g/mol. The van der Waals surface area contributed by atoms with Gasteiger partial charge in [-0.2, -0.15) is 4.57 Å². The molecule has 3 heteroatoms. The summed E-state index contributed by atoms with van der Waals surface area (Å²) in [7, 11) is 0. The zero-order valence-electron chi connectivity index (χ0n) is 23.8. The molecule has 1 aromatic heterocycles. The Morgan fingerprint density at radius 2 is 1.18 bits per heavy atom. The molecule has 0 fully saturated rings. The molecule has 0 aliphatic carbocycles. The van der Waals surface area contributed by atoms with E-state index in [2.05, 4.69) is 157 Å². The average molecular weight is 525 g/mol. The Kier molecular flexibility index (Phi) is 7.37. The third-order valence-corrected chi connectivity index (χ3v) is 8.14. The number of nitrogens with zero attached hydrogens (tertiary/aromatic N) is 3. The molecule has 0 saturated carbocycles. The van der Waals surface area contributed by atoms with Crippen LogP contribution in [0.4, 0.5) is 11.4 Å². The maximum atomic E-state index is 2.48. The molecule has 0 bridgehead atoms. The number of rotatable bonds is 7. The Bertz CT molecular complexity index is 1580. The molecule has 3 heterocycles. The van der Waals surface area contributed by atoms with Crippen molar-refractivity contribution in [3.63, 3.8) is 0 Å². The lowest BCUT2D eigenvalue weighted by molar-refractivity contribution is -0.675. The fourth-order valence-corrected chi connectivity index (χ4v) is 6.26. The monoisotopic (exact) mass is 524 g/mol. The summed E-state index contributed by atoms with van der Waals surface area (Å²) < 4.78 is 2.48. The average Bonchev–Trinajstić information content (AvgIpc) is 3.00. The second-order valence-corrected chi connectivity index (χ2v) is 10.5. The van der Waals surface area contributed by atoms with Gasteiger partial charge in [0.1, 0.15) is 6.54 Å². The minimum absolute atomic E-state index is 0.205. The number of allylic oxidation sites excluding steroid dienone is 4. The quantitative estimate of drug-likeness (QED) is 0.226. The molecule has 0 saturated heterocycles. The SMILES string of the molecule is CCN1C(=CC(C=C2C=Cc3ccccc3N2CC)Cc2ccc3ccccc3[n+]2CC)C=Cc2ccccc21. The number of benzene rings is 3. The van der Waals surface area contributed by atoms with Gasteiger partial charge in [-0.05, 0) is 68.3 Å². The van der Waals surface area contributed by atoms with Crippen molar-refractivity contribution < 1.29 is 4.57 Å². The summed E-state index contributed by atoms with van der Waals surface area (Å²) in [6.07, 6.45) is 15.0. The Morgan fingerprint density at radius 1 is 0.625 bits per heavy atom. The number of anilines is 2. The van der Waals surface area contributed by atoms with Gasteiger partial charge in [-0.1, -0.05) is 72.8 Å². The van der Waals surface area contributed by atoms with Crippen molar-refractivity contribution in [1.29, 1.82) is 0 Å². The first-order chi connectivity index (χ1) is 19.7. The van der Waals surface area contributed by atoms with Crippen LogP contribution in [0.3, 0.4) is 0 Å². The smallest absolute Gasteiger partial charge is 0.212 e. The third kappa shape index (κ3) is 4.88. The second-order valence-electron chi connectivity index (χ2n) is 10.5. The molecule has 6 rings (SSSR count). The highest BCUT2D eigenvalue weighted by atomic mass is 15.1. The number of hydrogen-bond donors (Lipinski definition) is 0. The molecule has 0 N–H and O–H groups in total. The molecule has 3 nitrogen and oxygen atoms in total. The lowest BCUT2D eigenvalue weighted by Gasteiger charge is -2.31. The van der Waals surface area contributed by atoms with E-state index in [1.807, 2.05) is 0 Å². The molecule has 4 aromatic rings. The van der Waals surface area contributed by atoms with Gasteiger partial charge in [0.15, 0.2) is 5.69 Å². The maximum absolute atomic E-state index is 2.48. The highest BCUT2D eigenvalue weighted by Crippen LogP contribution is 2.34. The molecule has 3 aromatic carbocycles. The van der Waals surface area contributed by atoms with Crippen molar-refractivity contribution in [1.82, 2.24) is 0 Å². The topological polar surface area (TPSA) is 10.4 Å². The molecule has 0 unspecified atom stereocenters. The fourth-order valence-electron chi connectivity index (χ4n) is 6.26. The minimum atomic E-state index is 0.205. The molecule has 2 aliphatic rings. The lowest BCUT2D eigenvalue weighted by atomic mass is 9.95. The van der Waals surface area contributed by atoms with Gasteiger partial charge < -0.3 is 9.80 Å². The van der Waals surface area contributed by atoms with Crippen molar-refractivity contribution in [3.8, 4) is 0 Å². The van der Waals surface area contributed by atoms with Crippen LogP contribution in [0.25, 0.3) is 23.1 Å². The van der Waals surface area contributed by atoms with Crippen molar-refractivity contribution in [2.45, 2.75) is 33.7 Å². The number of pyridine rings is 1. The molecular formula is C37H38N3+. The van der Waals surface area contributed by atoms with E-state index in [1.54, 1.807) is 0 Å². The summed E-state index contributed by atoms with van der Waals surface area (Å²) in [6, 6.07) is 30.7. The lowest BCUT2D eigenvalue weighted by Crippen LogP contribution is -2.39. The van der Waals surface area contributed by atoms with E-state index in [-0.39, 0.29) is 5.92 Å². The standard InChI is InChI=1S/C37H38N3/c1-4-38-32(22-19-29-13-7-10-16-35(29)38)25-28(26-33-23-20-30-14-8-11-17-36(30)39(33)5-2)27-34-24-21-31-15-9-12-18-37(31)40(34)6-3/h7-26,28H,4-6,27H2,1-3H3/q+1. The molecule has 0 spiro atoms. The first kappa shape index (κ1) is 25.9. The Labute approximate surface area is 238 Å². The summed E-state index contributed by atoms with van der Waals surface area (Å²) in [4.78, 5) is 4.89. The molecule has 40 heavy (non-hydrogen) atoms. The van der Waals surface area contributed by atoms with Crippen LogP contribution in [0, 0.1) is 5.92 Å². The number of hydrogen-bond acceptors (Lipinski definition) is 2. The zero-order chi connectivity index (χ0) is 27.5. The minimum Gasteiger partial charge on any atom is -0.342 e. The summed E-state index contributed by atoms with van der Waals surface area (Å²) in [5.74, 6) is 0.205. The van der Waals surface area contributed by atoms with E-state index < -0.39 is 0 Å². The van der Waals surface area contributed by atoms with Crippen molar-refractivity contribution in [2.75, 3.05) is 22.9 Å². The molecule has 0 amide bonds. The van der Waals surface area contributed by atoms with Crippen LogP contribution in [-0.2, 0) is 13.0 Å². The Hall–Kier alpha value is -4.37. The van der Waals surface area contributed by atoms with Gasteiger partial charge in [0.2, 0.25) is 5.52 Å².